The molecule has 5 aromatic rings. The van der Waals surface area contributed by atoms with Crippen LogP contribution in [0.1, 0.15) is 12.0 Å². The lowest BCUT2D eigenvalue weighted by Crippen LogP contribution is -2.52. The lowest BCUT2D eigenvalue weighted by molar-refractivity contribution is -0.125. The molecule has 10 nitrogen and oxygen atoms in total. The zero-order valence-electron chi connectivity index (χ0n) is 22.1. The van der Waals surface area contributed by atoms with Gasteiger partial charge in [0.25, 0.3) is 10.0 Å². The van der Waals surface area contributed by atoms with Crippen molar-refractivity contribution in [3.05, 3.63) is 108 Å². The second kappa shape index (κ2) is 11.3. The molecular weight excluding hydrogens is 576 g/mol. The van der Waals surface area contributed by atoms with E-state index < -0.39 is 27.9 Å². The largest absolute Gasteiger partial charge is 0.356 e. The number of nitrogens with one attached hydrogen (secondary N) is 2. The molecule has 12 heteroatoms. The van der Waals surface area contributed by atoms with Crippen molar-refractivity contribution in [2.75, 3.05) is 16.2 Å². The van der Waals surface area contributed by atoms with Gasteiger partial charge in [-0.2, -0.15) is 0 Å². The van der Waals surface area contributed by atoms with Gasteiger partial charge in [-0.1, -0.05) is 54.1 Å². The number of amides is 2. The fraction of sp³-hybridized carbons (Fsp3) is 0.133. The van der Waals surface area contributed by atoms with Gasteiger partial charge >= 0.3 is 0 Å². The maximum Gasteiger partial charge on any atom is 0.265 e. The molecule has 2 N–H and O–H groups in total. The lowest BCUT2D eigenvalue weighted by Gasteiger charge is -2.36. The number of aromatic nitrogens is 3. The van der Waals surface area contributed by atoms with Crippen molar-refractivity contribution in [3.63, 3.8) is 0 Å². The number of benzene rings is 4. The van der Waals surface area contributed by atoms with Crippen LogP contribution in [0.2, 0.25) is 5.02 Å². The van der Waals surface area contributed by atoms with Crippen LogP contribution in [-0.4, -0.2) is 47.6 Å². The summed E-state index contributed by atoms with van der Waals surface area (Å²) in [6.07, 6.45) is 3.37. The average molecular weight is 601 g/mol. The van der Waals surface area contributed by atoms with Crippen molar-refractivity contribution in [2.45, 2.75) is 23.8 Å². The highest BCUT2D eigenvalue weighted by atomic mass is 35.5. The molecule has 1 aliphatic heterocycles. The second-order valence-electron chi connectivity index (χ2n) is 9.82. The first kappa shape index (κ1) is 27.4. The van der Waals surface area contributed by atoms with Crippen molar-refractivity contribution < 1.29 is 18.0 Å². The van der Waals surface area contributed by atoms with Gasteiger partial charge in [-0.05, 0) is 65.2 Å². The molecule has 1 atom stereocenters. The van der Waals surface area contributed by atoms with E-state index in [0.717, 1.165) is 26.3 Å². The number of halogens is 1. The molecule has 2 heterocycles. The molecular formula is C30H25ClN6O4S. The van der Waals surface area contributed by atoms with Crippen LogP contribution in [0, 0.1) is 0 Å². The molecule has 0 bridgehead atoms. The van der Waals surface area contributed by atoms with Gasteiger partial charge < -0.3 is 10.6 Å². The van der Waals surface area contributed by atoms with Crippen molar-refractivity contribution in [1.82, 2.24) is 20.1 Å². The van der Waals surface area contributed by atoms with Crippen LogP contribution in [0.5, 0.6) is 0 Å². The summed E-state index contributed by atoms with van der Waals surface area (Å²) in [5, 5.41) is 15.0. The quantitative estimate of drug-likeness (QED) is 0.273. The molecule has 212 valence electrons. The highest BCUT2D eigenvalue weighted by Crippen LogP contribution is 2.39. The van der Waals surface area contributed by atoms with Crippen LogP contribution in [-0.2, 0) is 26.0 Å². The number of fused-ring (bicyclic) bond motifs is 2. The third kappa shape index (κ3) is 5.44. The summed E-state index contributed by atoms with van der Waals surface area (Å²) < 4.78 is 31.0. The molecule has 42 heavy (non-hydrogen) atoms. The van der Waals surface area contributed by atoms with E-state index in [9.17, 15) is 18.0 Å². The van der Waals surface area contributed by atoms with Gasteiger partial charge in [0.15, 0.2) is 0 Å². The van der Waals surface area contributed by atoms with Crippen molar-refractivity contribution in [3.8, 4) is 5.69 Å². The van der Waals surface area contributed by atoms with Gasteiger partial charge in [0.1, 0.15) is 18.7 Å². The molecule has 0 unspecified atom stereocenters. The van der Waals surface area contributed by atoms with E-state index in [0.29, 0.717) is 23.7 Å². The fourth-order valence-corrected chi connectivity index (χ4v) is 6.78. The maximum absolute atomic E-state index is 14.1. The zero-order valence-corrected chi connectivity index (χ0v) is 23.7. The lowest BCUT2D eigenvalue weighted by atomic mass is 10.1. The number of sulfonamides is 1. The summed E-state index contributed by atoms with van der Waals surface area (Å²) in [5.41, 5.74) is 2.39. The number of rotatable bonds is 8. The normalized spacial score (nSPS) is 14.8. The molecule has 0 spiro atoms. The molecule has 0 saturated carbocycles. The van der Waals surface area contributed by atoms with Crippen LogP contribution < -0.4 is 14.9 Å². The third-order valence-corrected chi connectivity index (χ3v) is 9.14. The van der Waals surface area contributed by atoms with E-state index in [1.165, 1.54) is 12.1 Å². The van der Waals surface area contributed by atoms with Gasteiger partial charge in [-0.15, -0.1) is 10.2 Å². The van der Waals surface area contributed by atoms with Crippen LogP contribution >= 0.6 is 11.6 Å². The smallest absolute Gasteiger partial charge is 0.265 e. The average Bonchev–Trinajstić information content (AvgIpc) is 3.53. The van der Waals surface area contributed by atoms with E-state index in [1.54, 1.807) is 41.5 Å². The van der Waals surface area contributed by atoms with E-state index in [2.05, 4.69) is 20.8 Å². The number of carbonyl (C=O) groups is 2. The number of carbonyl (C=O) groups excluding carboxylic acids is 2. The first-order valence-corrected chi connectivity index (χ1v) is 15.0. The highest BCUT2D eigenvalue weighted by molar-refractivity contribution is 7.93. The minimum absolute atomic E-state index is 0.00200. The Balaban J connectivity index is 1.22. The molecule has 2 amide bonds. The van der Waals surface area contributed by atoms with Gasteiger partial charge in [0.05, 0.1) is 22.7 Å². The van der Waals surface area contributed by atoms with E-state index in [-0.39, 0.29) is 17.0 Å². The van der Waals surface area contributed by atoms with Gasteiger partial charge in [0, 0.05) is 17.3 Å². The van der Waals surface area contributed by atoms with Crippen LogP contribution in [0.4, 0.5) is 11.4 Å². The van der Waals surface area contributed by atoms with Crippen molar-refractivity contribution in [2.24, 2.45) is 0 Å². The van der Waals surface area contributed by atoms with E-state index in [4.69, 9.17) is 11.6 Å². The maximum atomic E-state index is 14.1. The third-order valence-electron chi connectivity index (χ3n) is 7.09. The SMILES string of the molecule is O=C(C[C@@H]1C(=O)Nc2ccc(Cl)cc2N1S(=O)(=O)c1ccc2ccccc2c1)NCCc1ccc(-n2cnnc2)cc1. The molecule has 0 fully saturated rings. The molecule has 0 radical (unpaired) electrons. The van der Waals surface area contributed by atoms with Crippen molar-refractivity contribution >= 4 is 55.6 Å². The first-order valence-electron chi connectivity index (χ1n) is 13.1. The van der Waals surface area contributed by atoms with E-state index in [1.807, 2.05) is 48.5 Å². The molecule has 0 aliphatic carbocycles. The molecule has 1 aromatic heterocycles. The monoisotopic (exact) mass is 600 g/mol. The first-order chi connectivity index (χ1) is 20.3. The fourth-order valence-electron chi connectivity index (χ4n) is 4.96. The standard InChI is InChI=1S/C30H25ClN6O4S/c31-23-8-12-26-27(16-23)37(42(40,41)25-11-7-21-3-1-2-4-22(21)15-25)28(30(39)35-26)17-29(38)32-14-13-20-5-9-24(10-6-20)36-18-33-34-19-36/h1-12,15-16,18-19,28H,13-14,17H2,(H,32,38)(H,35,39)/t28-/m1/s1. The number of anilines is 2. The molecule has 4 aromatic carbocycles. The summed E-state index contributed by atoms with van der Waals surface area (Å²) in [5.74, 6) is -1.06. The Bertz CT molecular complexity index is 1900. The van der Waals surface area contributed by atoms with Crippen molar-refractivity contribution in [1.29, 1.82) is 0 Å². The summed E-state index contributed by atoms with van der Waals surface area (Å²) in [6, 6.07) is 23.1. The van der Waals surface area contributed by atoms with E-state index >= 15 is 0 Å². The Labute approximate surface area is 247 Å². The molecule has 0 saturated heterocycles. The summed E-state index contributed by atoms with van der Waals surface area (Å²) in [7, 11) is -4.27. The van der Waals surface area contributed by atoms with Gasteiger partial charge in [-0.25, -0.2) is 8.42 Å². The van der Waals surface area contributed by atoms with Crippen LogP contribution in [0.3, 0.4) is 0 Å². The Hall–Kier alpha value is -4.74. The summed E-state index contributed by atoms with van der Waals surface area (Å²) in [4.78, 5) is 26.3. The predicted molar refractivity (Wildman–Crippen MR) is 160 cm³/mol. The Morgan fingerprint density at radius 3 is 2.43 bits per heavy atom. The highest BCUT2D eigenvalue weighted by Gasteiger charge is 2.42. The number of nitrogens with zero attached hydrogens (tertiary/aromatic N) is 4. The minimum Gasteiger partial charge on any atom is -0.356 e. The molecule has 1 aliphatic rings. The van der Waals surface area contributed by atoms with Gasteiger partial charge in [-0.3, -0.25) is 18.5 Å². The zero-order chi connectivity index (χ0) is 29.3. The minimum atomic E-state index is -4.27. The topological polar surface area (TPSA) is 126 Å². The summed E-state index contributed by atoms with van der Waals surface area (Å²) >= 11 is 6.25. The van der Waals surface area contributed by atoms with Crippen LogP contribution in [0.25, 0.3) is 16.5 Å². The summed E-state index contributed by atoms with van der Waals surface area (Å²) in [6.45, 7) is 0.305. The molecule has 6 rings (SSSR count). The Morgan fingerprint density at radius 2 is 1.67 bits per heavy atom. The van der Waals surface area contributed by atoms with Crippen LogP contribution in [0.15, 0.2) is 102 Å². The number of hydrogen-bond donors (Lipinski definition) is 2. The Morgan fingerprint density at radius 1 is 0.929 bits per heavy atom. The predicted octanol–water partition coefficient (Wildman–Crippen LogP) is 4.34. The number of hydrogen-bond acceptors (Lipinski definition) is 6. The Kier molecular flexibility index (Phi) is 7.36. The van der Waals surface area contributed by atoms with Gasteiger partial charge in [0.2, 0.25) is 11.8 Å². The second-order valence-corrected chi connectivity index (χ2v) is 12.1.